The van der Waals surface area contributed by atoms with Crippen molar-refractivity contribution in [2.24, 2.45) is 5.16 Å². The molecule has 17 nitrogen and oxygen atoms in total. The number of β-lactam (4-membered cyclic amide) rings is 1. The molecular formula is C27H23N9O8S3. The number of aliphatic carboxylic acids is 1. The number of carbonyl (C=O) groups is 3. The molecule has 1 fully saturated rings. The summed E-state index contributed by atoms with van der Waals surface area (Å²) in [4.78, 5) is 63.6. The van der Waals surface area contributed by atoms with Crippen molar-refractivity contribution in [1.29, 1.82) is 0 Å². The number of thiazole rings is 1. The summed E-state index contributed by atoms with van der Waals surface area (Å²) in [7, 11) is 0. The van der Waals surface area contributed by atoms with Gasteiger partial charge >= 0.3 is 0 Å². The van der Waals surface area contributed by atoms with E-state index in [0.717, 1.165) is 40.3 Å². The fourth-order valence-corrected chi connectivity index (χ4v) is 7.06. The van der Waals surface area contributed by atoms with Crippen LogP contribution in [-0.4, -0.2) is 83.2 Å². The van der Waals surface area contributed by atoms with Gasteiger partial charge in [0.25, 0.3) is 22.9 Å². The number of carboxylic acid groups (broad SMARTS) is 1. The average Bonchev–Trinajstić information content (AvgIpc) is 3.72. The van der Waals surface area contributed by atoms with Crippen LogP contribution in [0.25, 0.3) is 11.6 Å². The lowest BCUT2D eigenvalue weighted by Gasteiger charge is -2.50. The summed E-state index contributed by atoms with van der Waals surface area (Å²) in [5.41, 5.74) is 5.59. The highest BCUT2D eigenvalue weighted by Gasteiger charge is 2.53. The molecule has 2 aliphatic rings. The van der Waals surface area contributed by atoms with E-state index in [1.54, 1.807) is 17.0 Å². The van der Waals surface area contributed by atoms with Crippen LogP contribution < -0.4 is 26.2 Å². The first-order valence-corrected chi connectivity index (χ1v) is 16.5. The zero-order valence-corrected chi connectivity index (χ0v) is 26.3. The van der Waals surface area contributed by atoms with Crippen LogP contribution in [0, 0.1) is 0 Å². The molecule has 0 aliphatic carbocycles. The lowest BCUT2D eigenvalue weighted by Crippen LogP contribution is -2.71. The van der Waals surface area contributed by atoms with Crippen LogP contribution in [0.3, 0.4) is 0 Å². The van der Waals surface area contributed by atoms with Crippen molar-refractivity contribution in [3.05, 3.63) is 75.4 Å². The molecule has 20 heteroatoms. The number of H-pyrrole nitrogens is 1. The van der Waals surface area contributed by atoms with Gasteiger partial charge in [-0.25, -0.2) is 9.55 Å². The summed E-state index contributed by atoms with van der Waals surface area (Å²) in [6.07, 6.45) is 4.68. The summed E-state index contributed by atoms with van der Waals surface area (Å²) < 4.78 is 7.30. The Morgan fingerprint density at radius 3 is 2.83 bits per heavy atom. The van der Waals surface area contributed by atoms with Crippen molar-refractivity contribution in [3.8, 4) is 17.3 Å². The number of nitrogens with zero attached hydrogens (tertiary/aromatic N) is 6. The van der Waals surface area contributed by atoms with E-state index in [1.165, 1.54) is 17.1 Å². The van der Waals surface area contributed by atoms with Crippen molar-refractivity contribution in [3.63, 3.8) is 0 Å². The molecule has 47 heavy (non-hydrogen) atoms. The van der Waals surface area contributed by atoms with E-state index in [0.29, 0.717) is 11.3 Å². The Balaban J connectivity index is 1.09. The molecule has 2 aliphatic heterocycles. The van der Waals surface area contributed by atoms with Gasteiger partial charge in [0, 0.05) is 46.9 Å². The van der Waals surface area contributed by atoms with Gasteiger partial charge in [-0.2, -0.15) is 0 Å². The molecule has 0 unspecified atom stereocenters. The van der Waals surface area contributed by atoms with Crippen molar-refractivity contribution in [1.82, 2.24) is 30.4 Å². The van der Waals surface area contributed by atoms with Crippen LogP contribution in [0.1, 0.15) is 5.69 Å². The number of aromatic nitrogens is 5. The standard InChI is InChI=1S/C27H23N9O8S3/c28-26-30-15(12-47-26)18(34-43-6-7-45-27-33-32-22(44-27)14-8-16(37)17(38)9-29-14)21(39)31-19-23(40)36-20(25(41)42)13(11-46-24(19)36)10-35-4-2-1-3-5-35/h1-5,8-9,12,19,24H,6-7,10-11H2,(H5-,28,29,30,31,32,34,37,38,39,41,42)/t19-,24-/m1/s1. The Kier molecular flexibility index (Phi) is 9.22. The van der Waals surface area contributed by atoms with Crippen LogP contribution in [-0.2, 0) is 25.8 Å². The number of nitrogens with two attached hydrogens (primary N) is 1. The molecule has 2 atom stereocenters. The number of hydrogen-bond acceptors (Lipinski definition) is 16. The largest absolute Gasteiger partial charge is 0.543 e. The fourth-order valence-electron chi connectivity index (χ4n) is 4.60. The Hall–Kier alpha value is -5.21. The molecule has 0 spiro atoms. The number of nitrogen functional groups attached to an aromatic ring is 1. The number of anilines is 1. The van der Waals surface area contributed by atoms with Crippen molar-refractivity contribution >= 4 is 63.5 Å². The average molecular weight is 698 g/mol. The Bertz CT molecular complexity index is 1960. The first-order valence-electron chi connectivity index (χ1n) is 13.6. The molecule has 1 saturated heterocycles. The quantitative estimate of drug-likeness (QED) is 0.0349. The maximum atomic E-state index is 13.4. The monoisotopic (exact) mass is 697 g/mol. The van der Waals surface area contributed by atoms with Crippen LogP contribution in [0.2, 0.25) is 0 Å². The summed E-state index contributed by atoms with van der Waals surface area (Å²) in [5, 5.41) is 37.0. The Morgan fingerprint density at radius 2 is 2.11 bits per heavy atom. The molecule has 4 aromatic heterocycles. The second kappa shape index (κ2) is 13.6. The third kappa shape index (κ3) is 6.83. The number of rotatable bonds is 12. The van der Waals surface area contributed by atoms with Crippen LogP contribution in [0.15, 0.2) is 79.1 Å². The molecular weight excluding hydrogens is 675 g/mol. The highest BCUT2D eigenvalue weighted by Crippen LogP contribution is 2.40. The highest BCUT2D eigenvalue weighted by molar-refractivity contribution is 8.00. The third-order valence-electron chi connectivity index (χ3n) is 6.74. The number of nitrogens with one attached hydrogen (secondary N) is 2. The van der Waals surface area contributed by atoms with Gasteiger partial charge < -0.3 is 40.3 Å². The molecule has 0 saturated carbocycles. The lowest BCUT2D eigenvalue weighted by atomic mass is 10.0. The number of fused-ring (bicyclic) bond motifs is 1. The van der Waals surface area contributed by atoms with Gasteiger partial charge in [-0.1, -0.05) is 23.0 Å². The van der Waals surface area contributed by atoms with Gasteiger partial charge in [-0.3, -0.25) is 19.3 Å². The first-order chi connectivity index (χ1) is 22.7. The minimum atomic E-state index is -1.47. The molecule has 0 bridgehead atoms. The maximum Gasteiger partial charge on any atom is 0.277 e. The first kappa shape index (κ1) is 31.8. The molecule has 4 aromatic rings. The normalized spacial score (nSPS) is 17.7. The molecule has 6 heterocycles. The van der Waals surface area contributed by atoms with Crippen LogP contribution in [0.5, 0.6) is 5.75 Å². The summed E-state index contributed by atoms with van der Waals surface area (Å²) in [6, 6.07) is 5.55. The summed E-state index contributed by atoms with van der Waals surface area (Å²) >= 11 is 3.52. The SMILES string of the molecule is Nc1nc(/C(=N/OCCSc2nnc(-c3cc(=O)c(O)c[nH]3)o2)C(=O)N[C@@H]2C(=O)N3C(C(=O)[O-])=C(C[n+]4ccccc4)CS[C@H]23)cs1. The van der Waals surface area contributed by atoms with Crippen molar-refractivity contribution in [2.45, 2.75) is 23.2 Å². The molecule has 6 rings (SSSR count). The second-order valence-electron chi connectivity index (χ2n) is 9.81. The number of aromatic hydroxyl groups is 1. The molecule has 242 valence electrons. The smallest absolute Gasteiger partial charge is 0.277 e. The van der Waals surface area contributed by atoms with Crippen LogP contribution in [0.4, 0.5) is 5.13 Å². The van der Waals surface area contributed by atoms with Gasteiger partial charge in [-0.05, 0) is 0 Å². The topological polar surface area (TPSA) is 246 Å². The molecule has 0 aromatic carbocycles. The fraction of sp³-hybridized carbons (Fsp3) is 0.222. The summed E-state index contributed by atoms with van der Waals surface area (Å²) in [5.74, 6) is -2.67. The Morgan fingerprint density at radius 1 is 1.30 bits per heavy atom. The maximum absolute atomic E-state index is 13.4. The van der Waals surface area contributed by atoms with Gasteiger partial charge in [0.2, 0.25) is 5.43 Å². The van der Waals surface area contributed by atoms with Gasteiger partial charge in [0.15, 0.2) is 35.5 Å². The number of carbonyl (C=O) groups excluding carboxylic acids is 3. The van der Waals surface area contributed by atoms with E-state index < -0.39 is 40.4 Å². The number of aromatic amines is 1. The minimum absolute atomic E-state index is 0.00853. The predicted octanol–water partition coefficient (Wildman–Crippen LogP) is -0.926. The van der Waals surface area contributed by atoms with Crippen LogP contribution >= 0.6 is 34.9 Å². The second-order valence-corrected chi connectivity index (χ2v) is 12.9. The van der Waals surface area contributed by atoms with E-state index in [2.05, 4.69) is 30.6 Å². The predicted molar refractivity (Wildman–Crippen MR) is 165 cm³/mol. The summed E-state index contributed by atoms with van der Waals surface area (Å²) in [6.45, 7) is 0.251. The van der Waals surface area contributed by atoms with E-state index >= 15 is 0 Å². The minimum Gasteiger partial charge on any atom is -0.543 e. The van der Waals surface area contributed by atoms with E-state index in [1.807, 2.05) is 18.2 Å². The van der Waals surface area contributed by atoms with Gasteiger partial charge in [0.05, 0.1) is 11.7 Å². The van der Waals surface area contributed by atoms with E-state index in [4.69, 9.17) is 15.0 Å². The molecule has 2 amide bonds. The molecule has 5 N–H and O–H groups in total. The molecule has 0 radical (unpaired) electrons. The number of hydrogen-bond donors (Lipinski definition) is 4. The number of carboxylic acids is 1. The van der Waals surface area contributed by atoms with E-state index in [9.17, 15) is 29.4 Å². The zero-order valence-electron chi connectivity index (χ0n) is 23.9. The van der Waals surface area contributed by atoms with Gasteiger partial charge in [0.1, 0.15) is 29.4 Å². The number of pyridine rings is 2. The number of amides is 2. The zero-order chi connectivity index (χ0) is 33.1. The van der Waals surface area contributed by atoms with Crippen molar-refractivity contribution in [2.75, 3.05) is 23.8 Å². The number of oxime groups is 1. The number of thioether (sulfide) groups is 2. The van der Waals surface area contributed by atoms with E-state index in [-0.39, 0.29) is 57.9 Å². The Labute approximate surface area is 276 Å². The highest BCUT2D eigenvalue weighted by atomic mass is 32.2. The third-order valence-corrected chi connectivity index (χ3v) is 9.54. The van der Waals surface area contributed by atoms with Gasteiger partial charge in [-0.15, -0.1) is 33.3 Å². The van der Waals surface area contributed by atoms with Crippen molar-refractivity contribution < 1.29 is 38.4 Å². The lowest BCUT2D eigenvalue weighted by molar-refractivity contribution is -0.689.